The van der Waals surface area contributed by atoms with E-state index in [1.54, 1.807) is 0 Å². The van der Waals surface area contributed by atoms with Crippen LogP contribution in [0.15, 0.2) is 36.5 Å². The number of allylic oxidation sites excluding steroid dienone is 5. The average Bonchev–Trinajstić information content (AvgIpc) is 3.05. The van der Waals surface area contributed by atoms with Crippen molar-refractivity contribution in [2.75, 3.05) is 6.54 Å². The Hall–Kier alpha value is -2.41. The number of nitrogens with one attached hydrogen (secondary N) is 1. The first-order valence-electron chi connectivity index (χ1n) is 19.3. The molecule has 7 heteroatoms. The quantitative estimate of drug-likeness (QED) is 0.0359. The van der Waals surface area contributed by atoms with Crippen LogP contribution in [0.5, 0.6) is 0 Å². The van der Waals surface area contributed by atoms with Crippen LogP contribution >= 0.6 is 0 Å². The summed E-state index contributed by atoms with van der Waals surface area (Å²) in [5.74, 6) is -1.36. The van der Waals surface area contributed by atoms with Gasteiger partial charge in [0.05, 0.1) is 0 Å². The molecule has 0 aromatic rings. The van der Waals surface area contributed by atoms with E-state index in [1.807, 2.05) is 6.08 Å². The van der Waals surface area contributed by atoms with Gasteiger partial charge in [-0.25, -0.2) is 4.79 Å². The lowest BCUT2D eigenvalue weighted by molar-refractivity contribution is -0.147. The van der Waals surface area contributed by atoms with Crippen LogP contribution < -0.4 is 11.1 Å². The number of carbonyl (C=O) groups excluding carboxylic acids is 2. The van der Waals surface area contributed by atoms with Crippen molar-refractivity contribution < 1.29 is 24.2 Å². The van der Waals surface area contributed by atoms with Gasteiger partial charge >= 0.3 is 11.9 Å². The number of ether oxygens (including phenoxy) is 1. The maximum Gasteiger partial charge on any atom is 0.326 e. The van der Waals surface area contributed by atoms with Gasteiger partial charge < -0.3 is 20.9 Å². The lowest BCUT2D eigenvalue weighted by Crippen LogP contribution is -2.40. The van der Waals surface area contributed by atoms with Crippen molar-refractivity contribution in [1.82, 2.24) is 5.32 Å². The normalized spacial score (nSPS) is 13.1. The van der Waals surface area contributed by atoms with Crippen LogP contribution in [-0.2, 0) is 19.1 Å². The highest BCUT2D eigenvalue weighted by Crippen LogP contribution is 2.15. The Kier molecular flexibility index (Phi) is 33.1. The Morgan fingerprint density at radius 3 is 1.81 bits per heavy atom. The number of carbonyl (C=O) groups is 3. The summed E-state index contributed by atoms with van der Waals surface area (Å²) in [5.41, 5.74) is 5.47. The lowest BCUT2D eigenvalue weighted by Gasteiger charge is -2.15. The standard InChI is InChI=1S/C40H72N2O5/c1-3-5-7-9-11-13-14-15-16-17-18-20-22-28-34-39(44)47-36(30-25-21-19-12-10-8-6-4-2)31-26-23-24-27-33-38(43)42-37(40(45)46)32-29-35-41/h12,14-15,19,25,30,36-37H,3-11,13,16-18,20-24,26-29,31-35,41H2,1-2H3,(H,42,43)(H,45,46)/b15-14-,19-12-,30-25-. The summed E-state index contributed by atoms with van der Waals surface area (Å²) >= 11 is 0. The first kappa shape index (κ1) is 44.6. The number of nitrogens with two attached hydrogens (primary N) is 1. The minimum Gasteiger partial charge on any atom is -0.480 e. The zero-order valence-corrected chi connectivity index (χ0v) is 30.4. The van der Waals surface area contributed by atoms with Crippen molar-refractivity contribution in [2.45, 2.75) is 193 Å². The number of hydrogen-bond acceptors (Lipinski definition) is 5. The fourth-order valence-corrected chi connectivity index (χ4v) is 5.45. The zero-order chi connectivity index (χ0) is 34.6. The van der Waals surface area contributed by atoms with E-state index in [9.17, 15) is 19.5 Å². The van der Waals surface area contributed by atoms with Crippen LogP contribution in [0.3, 0.4) is 0 Å². The number of hydrogen-bond donors (Lipinski definition) is 3. The van der Waals surface area contributed by atoms with Gasteiger partial charge in [0, 0.05) is 12.8 Å². The van der Waals surface area contributed by atoms with Crippen LogP contribution in [0.25, 0.3) is 0 Å². The van der Waals surface area contributed by atoms with Crippen LogP contribution in [-0.4, -0.2) is 41.6 Å². The molecule has 47 heavy (non-hydrogen) atoms. The number of aliphatic carboxylic acids is 1. The molecule has 0 fully saturated rings. The molecule has 0 saturated carbocycles. The highest BCUT2D eigenvalue weighted by atomic mass is 16.5. The first-order chi connectivity index (χ1) is 22.9. The molecule has 0 aromatic carbocycles. The average molecular weight is 661 g/mol. The Morgan fingerprint density at radius 1 is 0.638 bits per heavy atom. The molecule has 7 nitrogen and oxygen atoms in total. The fraction of sp³-hybridized carbons (Fsp3) is 0.775. The SMILES string of the molecule is CCCCC/C=C\C/C=C\C(CCCCCCC(=O)NC(CCCN)C(=O)O)OC(=O)CCCCCCC/C=C\CCCCCCC. The van der Waals surface area contributed by atoms with Gasteiger partial charge in [-0.15, -0.1) is 0 Å². The molecule has 4 N–H and O–H groups in total. The summed E-state index contributed by atoms with van der Waals surface area (Å²) in [5, 5.41) is 11.9. The Bertz CT molecular complexity index is 838. The summed E-state index contributed by atoms with van der Waals surface area (Å²) < 4.78 is 5.88. The topological polar surface area (TPSA) is 119 Å². The molecule has 2 atom stereocenters. The molecule has 272 valence electrons. The molecule has 0 radical (unpaired) electrons. The van der Waals surface area contributed by atoms with E-state index in [-0.39, 0.29) is 18.0 Å². The molecule has 0 bridgehead atoms. The summed E-state index contributed by atoms with van der Waals surface area (Å²) in [6.07, 6.45) is 39.1. The van der Waals surface area contributed by atoms with Crippen molar-refractivity contribution >= 4 is 17.8 Å². The third-order valence-corrected chi connectivity index (χ3v) is 8.41. The van der Waals surface area contributed by atoms with Gasteiger partial charge in [-0.1, -0.05) is 115 Å². The maximum absolute atomic E-state index is 12.6. The highest BCUT2D eigenvalue weighted by Gasteiger charge is 2.19. The summed E-state index contributed by atoms with van der Waals surface area (Å²) in [7, 11) is 0. The van der Waals surface area contributed by atoms with Crippen LogP contribution in [0, 0.1) is 0 Å². The molecule has 1 amide bonds. The minimum absolute atomic E-state index is 0.115. The molecule has 0 aliphatic heterocycles. The smallest absolute Gasteiger partial charge is 0.326 e. The summed E-state index contributed by atoms with van der Waals surface area (Å²) in [6, 6.07) is -0.874. The molecule has 2 unspecified atom stereocenters. The Labute approximate surface area is 288 Å². The van der Waals surface area contributed by atoms with Gasteiger partial charge in [-0.05, 0) is 96.1 Å². The molecular weight excluding hydrogens is 588 g/mol. The monoisotopic (exact) mass is 661 g/mol. The first-order valence-corrected chi connectivity index (χ1v) is 19.3. The van der Waals surface area contributed by atoms with Crippen molar-refractivity contribution in [3.05, 3.63) is 36.5 Å². The van der Waals surface area contributed by atoms with Gasteiger partial charge in [0.2, 0.25) is 5.91 Å². The third kappa shape index (κ3) is 31.9. The van der Waals surface area contributed by atoms with E-state index in [0.29, 0.717) is 38.6 Å². The van der Waals surface area contributed by atoms with Crippen LogP contribution in [0.1, 0.15) is 181 Å². The zero-order valence-electron chi connectivity index (χ0n) is 30.4. The molecule has 0 aliphatic carbocycles. The predicted molar refractivity (Wildman–Crippen MR) is 197 cm³/mol. The predicted octanol–water partition coefficient (Wildman–Crippen LogP) is 10.3. The second-order valence-electron chi connectivity index (χ2n) is 13.0. The van der Waals surface area contributed by atoms with E-state index < -0.39 is 12.0 Å². The molecular formula is C40H72N2O5. The fourth-order valence-electron chi connectivity index (χ4n) is 5.45. The van der Waals surface area contributed by atoms with E-state index in [4.69, 9.17) is 10.5 Å². The van der Waals surface area contributed by atoms with Gasteiger partial charge in [0.25, 0.3) is 0 Å². The lowest BCUT2D eigenvalue weighted by atomic mass is 10.1. The molecule has 0 heterocycles. The largest absolute Gasteiger partial charge is 0.480 e. The number of carboxylic acids is 1. The Morgan fingerprint density at radius 2 is 1.17 bits per heavy atom. The van der Waals surface area contributed by atoms with Crippen LogP contribution in [0.4, 0.5) is 0 Å². The van der Waals surface area contributed by atoms with E-state index in [1.165, 1.54) is 70.6 Å². The number of rotatable bonds is 34. The minimum atomic E-state index is -1.02. The number of esters is 1. The maximum atomic E-state index is 12.6. The number of amides is 1. The second kappa shape index (κ2) is 34.9. The van der Waals surface area contributed by atoms with E-state index in [2.05, 4.69) is 49.5 Å². The van der Waals surface area contributed by atoms with Gasteiger partial charge in [-0.3, -0.25) is 9.59 Å². The van der Waals surface area contributed by atoms with Crippen molar-refractivity contribution in [2.24, 2.45) is 5.73 Å². The Balaban J connectivity index is 4.36. The van der Waals surface area contributed by atoms with E-state index >= 15 is 0 Å². The number of carboxylic acid groups (broad SMARTS) is 1. The summed E-state index contributed by atoms with van der Waals surface area (Å²) in [6.45, 7) is 4.87. The van der Waals surface area contributed by atoms with Crippen molar-refractivity contribution in [3.8, 4) is 0 Å². The van der Waals surface area contributed by atoms with Crippen molar-refractivity contribution in [1.29, 1.82) is 0 Å². The van der Waals surface area contributed by atoms with Gasteiger partial charge in [-0.2, -0.15) is 0 Å². The highest BCUT2D eigenvalue weighted by molar-refractivity contribution is 5.83. The second-order valence-corrected chi connectivity index (χ2v) is 13.0. The van der Waals surface area contributed by atoms with Gasteiger partial charge in [0.1, 0.15) is 12.1 Å². The molecule has 0 aromatic heterocycles. The van der Waals surface area contributed by atoms with Crippen LogP contribution in [0.2, 0.25) is 0 Å². The van der Waals surface area contributed by atoms with Gasteiger partial charge in [0.15, 0.2) is 0 Å². The molecule has 0 rings (SSSR count). The molecule has 0 aliphatic rings. The summed E-state index contributed by atoms with van der Waals surface area (Å²) in [4.78, 5) is 36.2. The van der Waals surface area contributed by atoms with E-state index in [0.717, 1.165) is 64.2 Å². The van der Waals surface area contributed by atoms with Crippen molar-refractivity contribution in [3.63, 3.8) is 0 Å². The molecule has 0 spiro atoms. The molecule has 0 saturated heterocycles. The third-order valence-electron chi connectivity index (χ3n) is 8.41. The number of unbranched alkanes of at least 4 members (excludes halogenated alkanes) is 16.